The predicted octanol–water partition coefficient (Wildman–Crippen LogP) is 4.63. The first-order chi connectivity index (χ1) is 22.9. The second kappa shape index (κ2) is 16.7. The summed E-state index contributed by atoms with van der Waals surface area (Å²) in [4.78, 5) is 60.2. The number of nitrogens with zero attached hydrogens (tertiary/aromatic N) is 2. The summed E-state index contributed by atoms with van der Waals surface area (Å²) in [6, 6.07) is 16.5. The molecule has 1 aromatic heterocycles. The molecule has 1 saturated heterocycles. The summed E-state index contributed by atoms with van der Waals surface area (Å²) in [5.41, 5.74) is 1.51. The van der Waals surface area contributed by atoms with Crippen molar-refractivity contribution in [2.24, 2.45) is 5.92 Å². The fraction of sp³-hybridized carbons (Fsp3) is 0.432. The van der Waals surface area contributed by atoms with E-state index in [9.17, 15) is 19.2 Å². The van der Waals surface area contributed by atoms with Gasteiger partial charge in [0.15, 0.2) is 5.69 Å². The highest BCUT2D eigenvalue weighted by Gasteiger charge is 2.40. The van der Waals surface area contributed by atoms with Gasteiger partial charge in [-0.3, -0.25) is 19.7 Å². The zero-order chi connectivity index (χ0) is 34.8. The van der Waals surface area contributed by atoms with Gasteiger partial charge in [-0.25, -0.2) is 9.78 Å². The van der Waals surface area contributed by atoms with E-state index in [4.69, 9.17) is 4.74 Å². The lowest BCUT2D eigenvalue weighted by Gasteiger charge is -2.32. The molecule has 2 aromatic carbocycles. The molecule has 256 valence electrons. The molecule has 1 aliphatic rings. The van der Waals surface area contributed by atoms with Gasteiger partial charge in [-0.1, -0.05) is 80.6 Å². The summed E-state index contributed by atoms with van der Waals surface area (Å²) in [5, 5.41) is 11.8. The highest BCUT2D eigenvalue weighted by molar-refractivity contribution is 7.09. The second-order valence-corrected chi connectivity index (χ2v) is 13.9. The van der Waals surface area contributed by atoms with Crippen LogP contribution in [0.2, 0.25) is 0 Å². The Morgan fingerprint density at radius 2 is 1.60 bits per heavy atom. The lowest BCUT2D eigenvalue weighted by atomic mass is 9.98. The summed E-state index contributed by atoms with van der Waals surface area (Å²) in [7, 11) is 1.30. The lowest BCUT2D eigenvalue weighted by Crippen LogP contribution is -2.59. The van der Waals surface area contributed by atoms with Crippen molar-refractivity contribution in [2.75, 3.05) is 13.7 Å². The van der Waals surface area contributed by atoms with Gasteiger partial charge >= 0.3 is 5.97 Å². The van der Waals surface area contributed by atoms with Gasteiger partial charge in [0.05, 0.1) is 19.2 Å². The lowest BCUT2D eigenvalue weighted by molar-refractivity contribution is -0.142. The number of hydrogen-bond acceptors (Lipinski definition) is 8. The maximum Gasteiger partial charge on any atom is 0.357 e. The highest BCUT2D eigenvalue weighted by atomic mass is 32.1. The minimum atomic E-state index is -0.900. The molecule has 0 bridgehead atoms. The molecule has 1 aliphatic heterocycles. The monoisotopic (exact) mass is 673 g/mol. The molecule has 2 heterocycles. The molecule has 0 spiro atoms. The molecule has 0 aliphatic carbocycles. The number of methoxy groups -OCH3 is 1. The maximum absolute atomic E-state index is 14.4. The zero-order valence-corrected chi connectivity index (χ0v) is 29.2. The van der Waals surface area contributed by atoms with E-state index in [0.717, 1.165) is 11.1 Å². The zero-order valence-electron chi connectivity index (χ0n) is 28.4. The van der Waals surface area contributed by atoms with E-state index in [0.29, 0.717) is 30.8 Å². The van der Waals surface area contributed by atoms with Crippen LogP contribution in [0.25, 0.3) is 0 Å². The van der Waals surface area contributed by atoms with Gasteiger partial charge in [-0.2, -0.15) is 0 Å². The minimum absolute atomic E-state index is 0.0323. The van der Waals surface area contributed by atoms with E-state index < -0.39 is 35.7 Å². The smallest absolute Gasteiger partial charge is 0.357 e. The van der Waals surface area contributed by atoms with Crippen LogP contribution < -0.4 is 16.0 Å². The first kappa shape index (κ1) is 36.5. The summed E-state index contributed by atoms with van der Waals surface area (Å²) in [6.45, 7) is 12.1. The van der Waals surface area contributed by atoms with Gasteiger partial charge in [0.25, 0.3) is 0 Å². The average molecular weight is 674 g/mol. The van der Waals surface area contributed by atoms with E-state index in [-0.39, 0.29) is 35.8 Å². The number of aromatic nitrogens is 1. The third-order valence-electron chi connectivity index (χ3n) is 8.54. The number of thiazole rings is 1. The molecule has 3 N–H and O–H groups in total. The first-order valence-corrected chi connectivity index (χ1v) is 17.2. The predicted molar refractivity (Wildman–Crippen MR) is 187 cm³/mol. The largest absolute Gasteiger partial charge is 0.464 e. The van der Waals surface area contributed by atoms with Gasteiger partial charge in [-0.05, 0) is 50.2 Å². The number of nitrogens with one attached hydrogen (secondary N) is 3. The van der Waals surface area contributed by atoms with E-state index in [1.165, 1.54) is 18.4 Å². The molecule has 0 unspecified atom stereocenters. The number of likely N-dealkylation sites (tertiary alicyclic amines) is 1. The van der Waals surface area contributed by atoms with Crippen LogP contribution in [-0.4, -0.2) is 70.9 Å². The fourth-order valence-electron chi connectivity index (χ4n) is 5.78. The van der Waals surface area contributed by atoms with Crippen LogP contribution in [0.1, 0.15) is 73.2 Å². The van der Waals surface area contributed by atoms with Crippen molar-refractivity contribution < 1.29 is 23.9 Å². The van der Waals surface area contributed by atoms with E-state index in [1.54, 1.807) is 16.4 Å². The van der Waals surface area contributed by atoms with Gasteiger partial charge in [0.1, 0.15) is 17.1 Å². The number of carbonyl (C=O) groups excluding carboxylic acids is 4. The topological polar surface area (TPSA) is 130 Å². The Morgan fingerprint density at radius 1 is 1.00 bits per heavy atom. The van der Waals surface area contributed by atoms with Crippen molar-refractivity contribution >= 4 is 35.0 Å². The molecule has 1 fully saturated rings. The van der Waals surface area contributed by atoms with E-state index >= 15 is 0 Å². The molecule has 3 amide bonds. The van der Waals surface area contributed by atoms with Crippen molar-refractivity contribution in [2.45, 2.75) is 83.1 Å². The van der Waals surface area contributed by atoms with Gasteiger partial charge in [0.2, 0.25) is 17.7 Å². The van der Waals surface area contributed by atoms with E-state index in [2.05, 4.69) is 27.5 Å². The Balaban J connectivity index is 1.57. The Hall–Kier alpha value is -4.35. The number of esters is 1. The van der Waals surface area contributed by atoms with Gasteiger partial charge in [0, 0.05) is 23.9 Å². The van der Waals surface area contributed by atoms with Gasteiger partial charge in [-0.15, -0.1) is 17.9 Å². The first-order valence-electron chi connectivity index (χ1n) is 16.4. The summed E-state index contributed by atoms with van der Waals surface area (Å²) < 4.78 is 4.79. The van der Waals surface area contributed by atoms with Crippen molar-refractivity contribution in [3.8, 4) is 0 Å². The van der Waals surface area contributed by atoms with Crippen molar-refractivity contribution in [3.63, 3.8) is 0 Å². The SMILES string of the molecule is C=CC(C)(C)N[C@@H](Cc1ccccc1)C(=O)N[C@@H](Cc1ccccc1)C(=O)N1CCC[C@H]1C(=O)N[C@@H](c1nc(C(=O)OC)cs1)C(C)C. The third kappa shape index (κ3) is 9.60. The van der Waals surface area contributed by atoms with Crippen molar-refractivity contribution in [1.82, 2.24) is 25.8 Å². The average Bonchev–Trinajstić information content (AvgIpc) is 3.77. The number of hydrogen-bond donors (Lipinski definition) is 3. The van der Waals surface area contributed by atoms with Crippen LogP contribution in [0.3, 0.4) is 0 Å². The maximum atomic E-state index is 14.4. The van der Waals surface area contributed by atoms with E-state index in [1.807, 2.05) is 88.4 Å². The third-order valence-corrected chi connectivity index (χ3v) is 9.47. The van der Waals surface area contributed by atoms with Crippen molar-refractivity contribution in [3.05, 3.63) is 101 Å². The highest BCUT2D eigenvalue weighted by Crippen LogP contribution is 2.27. The summed E-state index contributed by atoms with van der Waals surface area (Å²) in [6.07, 6.45) is 3.58. The number of amides is 3. The van der Waals surface area contributed by atoms with Crippen LogP contribution in [-0.2, 0) is 32.0 Å². The number of rotatable bonds is 15. The molecule has 48 heavy (non-hydrogen) atoms. The summed E-state index contributed by atoms with van der Waals surface area (Å²) >= 11 is 1.28. The second-order valence-electron chi connectivity index (χ2n) is 13.0. The van der Waals surface area contributed by atoms with Crippen LogP contribution in [0.5, 0.6) is 0 Å². The van der Waals surface area contributed by atoms with Crippen LogP contribution in [0.4, 0.5) is 0 Å². The molecular weight excluding hydrogens is 627 g/mol. The molecule has 11 heteroatoms. The minimum Gasteiger partial charge on any atom is -0.464 e. The number of ether oxygens (including phenoxy) is 1. The molecule has 10 nitrogen and oxygen atoms in total. The van der Waals surface area contributed by atoms with Gasteiger partial charge < -0.3 is 20.3 Å². The molecule has 4 rings (SSSR count). The summed E-state index contributed by atoms with van der Waals surface area (Å²) in [5.74, 6) is -1.49. The fourth-order valence-corrected chi connectivity index (χ4v) is 6.79. The van der Waals surface area contributed by atoms with Crippen LogP contribution >= 0.6 is 11.3 Å². The normalized spacial score (nSPS) is 16.5. The molecule has 0 radical (unpaired) electrons. The molecule has 0 saturated carbocycles. The standard InChI is InChI=1S/C37H47N5O5S/c1-7-37(4,5)41-27(21-25-15-10-8-11-16-25)32(43)38-28(22-26-17-12-9-13-18-26)35(45)42-20-14-19-30(42)33(44)40-31(24(2)3)34-39-29(23-48-34)36(46)47-6/h7-13,15-18,23-24,27-28,30-31,41H,1,14,19-22H2,2-6H3,(H,38,43)(H,40,44)/t27-,28-,30-,31+/m0/s1. The molecule has 3 aromatic rings. The number of benzene rings is 2. The Labute approximate surface area is 287 Å². The number of carbonyl (C=O) groups is 4. The van der Waals surface area contributed by atoms with Crippen LogP contribution in [0.15, 0.2) is 78.7 Å². The molecular formula is C37H47N5O5S. The molecule has 4 atom stereocenters. The van der Waals surface area contributed by atoms with Crippen molar-refractivity contribution in [1.29, 1.82) is 0 Å². The Morgan fingerprint density at radius 3 is 2.17 bits per heavy atom. The Bertz CT molecular complexity index is 1560. The van der Waals surface area contributed by atoms with Crippen LogP contribution in [0, 0.1) is 5.92 Å². The quantitative estimate of drug-likeness (QED) is 0.159. The Kier molecular flexibility index (Phi) is 12.7.